The molecule has 23 heavy (non-hydrogen) atoms. The summed E-state index contributed by atoms with van der Waals surface area (Å²) in [7, 11) is 0.940. The van der Waals surface area contributed by atoms with Crippen molar-refractivity contribution in [1.82, 2.24) is 9.62 Å². The monoisotopic (exact) mass is 342 g/mol. The minimum Gasteiger partial charge on any atom is -0.493 e. The first kappa shape index (κ1) is 17.6. The molecule has 1 aromatic rings. The molecule has 8 heteroatoms. The van der Waals surface area contributed by atoms with Crippen LogP contribution in [0.3, 0.4) is 0 Å². The second-order valence-corrected chi connectivity index (χ2v) is 7.25. The van der Waals surface area contributed by atoms with Gasteiger partial charge in [-0.15, -0.1) is 0 Å². The highest BCUT2D eigenvalue weighted by Crippen LogP contribution is 2.31. The summed E-state index contributed by atoms with van der Waals surface area (Å²) >= 11 is 0. The van der Waals surface area contributed by atoms with Crippen molar-refractivity contribution in [3.05, 3.63) is 18.2 Å². The molecule has 1 fully saturated rings. The topological polar surface area (TPSA) is 84.9 Å². The normalized spacial score (nSPS) is 16.8. The summed E-state index contributed by atoms with van der Waals surface area (Å²) in [5.74, 6) is 0.684. The van der Waals surface area contributed by atoms with Gasteiger partial charge in [0.2, 0.25) is 15.9 Å². The van der Waals surface area contributed by atoms with Crippen molar-refractivity contribution in [2.24, 2.45) is 5.92 Å². The van der Waals surface area contributed by atoms with E-state index in [1.807, 2.05) is 0 Å². The molecule has 0 unspecified atom stereocenters. The fourth-order valence-corrected chi connectivity index (χ4v) is 4.17. The predicted octanol–water partition coefficient (Wildman–Crippen LogP) is 0.851. The average Bonchev–Trinajstić information content (AvgIpc) is 2.60. The molecule has 1 saturated heterocycles. The van der Waals surface area contributed by atoms with E-state index < -0.39 is 10.0 Å². The molecule has 0 saturated carbocycles. The molecule has 0 spiro atoms. The van der Waals surface area contributed by atoms with Crippen LogP contribution in [-0.2, 0) is 14.8 Å². The van der Waals surface area contributed by atoms with Crippen LogP contribution in [0.25, 0.3) is 0 Å². The zero-order chi connectivity index (χ0) is 17.0. The Labute approximate surface area is 136 Å². The Balaban J connectivity index is 2.18. The van der Waals surface area contributed by atoms with Crippen LogP contribution in [0.2, 0.25) is 0 Å². The Hall–Kier alpha value is -1.80. The van der Waals surface area contributed by atoms with Crippen molar-refractivity contribution in [3.63, 3.8) is 0 Å². The lowest BCUT2D eigenvalue weighted by Crippen LogP contribution is -2.42. The third kappa shape index (κ3) is 3.59. The van der Waals surface area contributed by atoms with E-state index in [1.54, 1.807) is 13.1 Å². The van der Waals surface area contributed by atoms with E-state index in [0.29, 0.717) is 37.4 Å². The number of sulfonamides is 1. The number of ether oxygens (including phenoxy) is 2. The molecule has 7 nitrogen and oxygen atoms in total. The van der Waals surface area contributed by atoms with Gasteiger partial charge in [-0.2, -0.15) is 4.31 Å². The van der Waals surface area contributed by atoms with E-state index in [4.69, 9.17) is 9.47 Å². The minimum atomic E-state index is -3.61. The Kier molecular flexibility index (Phi) is 5.48. The Morgan fingerprint density at radius 2 is 1.78 bits per heavy atom. The van der Waals surface area contributed by atoms with Crippen LogP contribution >= 0.6 is 0 Å². The van der Waals surface area contributed by atoms with Gasteiger partial charge in [-0.25, -0.2) is 8.42 Å². The van der Waals surface area contributed by atoms with Gasteiger partial charge in [0, 0.05) is 32.1 Å². The van der Waals surface area contributed by atoms with Gasteiger partial charge >= 0.3 is 0 Å². The number of methoxy groups -OCH3 is 2. The number of nitrogens with one attached hydrogen (secondary N) is 1. The zero-order valence-corrected chi connectivity index (χ0v) is 14.4. The number of nitrogens with zero attached hydrogens (tertiary/aromatic N) is 1. The third-order valence-corrected chi connectivity index (χ3v) is 5.96. The van der Waals surface area contributed by atoms with Crippen molar-refractivity contribution in [2.45, 2.75) is 17.7 Å². The van der Waals surface area contributed by atoms with E-state index in [1.165, 1.54) is 30.7 Å². The summed E-state index contributed by atoms with van der Waals surface area (Å²) in [5.41, 5.74) is 0. The summed E-state index contributed by atoms with van der Waals surface area (Å²) in [6.07, 6.45) is 1.04. The first-order valence-corrected chi connectivity index (χ1v) is 8.81. The van der Waals surface area contributed by atoms with Gasteiger partial charge in [0.15, 0.2) is 11.5 Å². The zero-order valence-electron chi connectivity index (χ0n) is 13.5. The molecule has 1 N–H and O–H groups in total. The minimum absolute atomic E-state index is 0.0341. The molecular formula is C15H22N2O5S. The van der Waals surface area contributed by atoms with Crippen molar-refractivity contribution >= 4 is 15.9 Å². The van der Waals surface area contributed by atoms with Crippen LogP contribution < -0.4 is 14.8 Å². The Bertz CT molecular complexity index is 666. The lowest BCUT2D eigenvalue weighted by atomic mass is 9.97. The molecule has 2 rings (SSSR count). The highest BCUT2D eigenvalue weighted by Gasteiger charge is 2.32. The second kappa shape index (κ2) is 7.18. The van der Waals surface area contributed by atoms with Crippen molar-refractivity contribution in [3.8, 4) is 11.5 Å². The Morgan fingerprint density at radius 1 is 1.17 bits per heavy atom. The van der Waals surface area contributed by atoms with Gasteiger partial charge in [0.25, 0.3) is 0 Å². The molecule has 1 aromatic carbocycles. The number of piperidine rings is 1. The third-order valence-electron chi connectivity index (χ3n) is 4.06. The lowest BCUT2D eigenvalue weighted by molar-refractivity contribution is -0.125. The first-order chi connectivity index (χ1) is 10.9. The van der Waals surface area contributed by atoms with Crippen LogP contribution in [0.5, 0.6) is 11.5 Å². The average molecular weight is 342 g/mol. The Morgan fingerprint density at radius 3 is 2.30 bits per heavy atom. The van der Waals surface area contributed by atoms with Crippen molar-refractivity contribution in [2.75, 3.05) is 34.4 Å². The second-order valence-electron chi connectivity index (χ2n) is 5.31. The number of rotatable bonds is 5. The predicted molar refractivity (Wildman–Crippen MR) is 85.1 cm³/mol. The molecule has 128 valence electrons. The number of carbonyl (C=O) groups is 1. The number of hydrogen-bond donors (Lipinski definition) is 1. The molecule has 0 aliphatic carbocycles. The molecule has 1 aliphatic rings. The standard InChI is InChI=1S/C15H22N2O5S/c1-16-15(18)11-6-8-17(9-7-11)23(19,20)12-4-5-13(21-2)14(10-12)22-3/h4-5,10-11H,6-9H2,1-3H3,(H,16,18). The van der Waals surface area contributed by atoms with Gasteiger partial charge in [0.05, 0.1) is 19.1 Å². The number of amides is 1. The van der Waals surface area contributed by atoms with Gasteiger partial charge in [-0.1, -0.05) is 0 Å². The van der Waals surface area contributed by atoms with Crippen LogP contribution in [-0.4, -0.2) is 53.0 Å². The lowest BCUT2D eigenvalue weighted by Gasteiger charge is -2.30. The molecule has 1 heterocycles. The highest BCUT2D eigenvalue weighted by atomic mass is 32.2. The molecule has 0 radical (unpaired) electrons. The van der Waals surface area contributed by atoms with E-state index in [0.717, 1.165) is 0 Å². The highest BCUT2D eigenvalue weighted by molar-refractivity contribution is 7.89. The van der Waals surface area contributed by atoms with E-state index in [-0.39, 0.29) is 16.7 Å². The summed E-state index contributed by atoms with van der Waals surface area (Å²) in [6, 6.07) is 4.53. The maximum absolute atomic E-state index is 12.7. The fourth-order valence-electron chi connectivity index (χ4n) is 2.69. The van der Waals surface area contributed by atoms with Crippen LogP contribution in [0.15, 0.2) is 23.1 Å². The largest absolute Gasteiger partial charge is 0.493 e. The molecule has 1 aliphatic heterocycles. The van der Waals surface area contributed by atoms with Gasteiger partial charge < -0.3 is 14.8 Å². The molecular weight excluding hydrogens is 320 g/mol. The van der Waals surface area contributed by atoms with Crippen LogP contribution in [0, 0.1) is 5.92 Å². The molecule has 0 bridgehead atoms. The number of carbonyl (C=O) groups excluding carboxylic acids is 1. The number of benzene rings is 1. The van der Waals surface area contributed by atoms with E-state index >= 15 is 0 Å². The molecule has 0 atom stereocenters. The van der Waals surface area contributed by atoms with Gasteiger partial charge in [-0.05, 0) is 25.0 Å². The molecule has 0 aromatic heterocycles. The fraction of sp³-hybridized carbons (Fsp3) is 0.533. The summed E-state index contributed by atoms with van der Waals surface area (Å²) < 4.78 is 37.2. The van der Waals surface area contributed by atoms with Crippen LogP contribution in [0.1, 0.15) is 12.8 Å². The van der Waals surface area contributed by atoms with Crippen molar-refractivity contribution < 1.29 is 22.7 Å². The summed E-state index contributed by atoms with van der Waals surface area (Å²) in [5, 5.41) is 2.61. The summed E-state index contributed by atoms with van der Waals surface area (Å²) in [4.78, 5) is 11.8. The van der Waals surface area contributed by atoms with E-state index in [2.05, 4.69) is 5.32 Å². The van der Waals surface area contributed by atoms with Gasteiger partial charge in [0.1, 0.15) is 0 Å². The quantitative estimate of drug-likeness (QED) is 0.857. The number of hydrogen-bond acceptors (Lipinski definition) is 5. The maximum atomic E-state index is 12.7. The van der Waals surface area contributed by atoms with Gasteiger partial charge in [-0.3, -0.25) is 4.79 Å². The first-order valence-electron chi connectivity index (χ1n) is 7.37. The SMILES string of the molecule is CNC(=O)C1CCN(S(=O)(=O)c2ccc(OC)c(OC)c2)CC1. The van der Waals surface area contributed by atoms with E-state index in [9.17, 15) is 13.2 Å². The molecule has 1 amide bonds. The maximum Gasteiger partial charge on any atom is 0.243 e. The van der Waals surface area contributed by atoms with Crippen LogP contribution in [0.4, 0.5) is 0 Å². The summed E-state index contributed by atoms with van der Waals surface area (Å²) in [6.45, 7) is 0.656. The smallest absolute Gasteiger partial charge is 0.243 e. The van der Waals surface area contributed by atoms with Crippen molar-refractivity contribution in [1.29, 1.82) is 0 Å².